The quantitative estimate of drug-likeness (QED) is 0.520. The Morgan fingerprint density at radius 1 is 1.05 bits per heavy atom. The van der Waals surface area contributed by atoms with Crippen LogP contribution < -0.4 is 5.84 Å². The Morgan fingerprint density at radius 3 is 2.33 bits per heavy atom. The predicted molar refractivity (Wildman–Crippen MR) is 83.0 cm³/mol. The maximum Gasteiger partial charge on any atom is 0.424 e. The molecule has 0 saturated carbocycles. The van der Waals surface area contributed by atoms with Gasteiger partial charge in [0.05, 0.1) is 6.54 Å². The zero-order valence-electron chi connectivity index (χ0n) is 11.7. The van der Waals surface area contributed by atoms with Gasteiger partial charge in [0, 0.05) is 0 Å². The van der Waals surface area contributed by atoms with E-state index in [1.165, 1.54) is 0 Å². The van der Waals surface area contributed by atoms with E-state index >= 15 is 0 Å². The number of carbonyl (C=O) groups is 1. The normalized spacial score (nSPS) is 10.5. The smallest absolute Gasteiger partial charge is 0.424 e. The van der Waals surface area contributed by atoms with E-state index in [0.717, 1.165) is 16.1 Å². The molecule has 0 radical (unpaired) electrons. The standard InChI is InChI=1S/C17H18N2O2/c18-19(13-7-12-15-8-3-1-4-9-15)17(20)21-14-16-10-5-2-6-11-16/h1-12H,13-14,18H2/b12-7+. The van der Waals surface area contributed by atoms with Crippen LogP contribution in [0, 0.1) is 0 Å². The third kappa shape index (κ3) is 5.12. The van der Waals surface area contributed by atoms with Gasteiger partial charge in [-0.2, -0.15) is 0 Å². The molecular formula is C17H18N2O2. The molecule has 0 bridgehead atoms. The van der Waals surface area contributed by atoms with Crippen molar-refractivity contribution < 1.29 is 9.53 Å². The maximum absolute atomic E-state index is 11.7. The highest BCUT2D eigenvalue weighted by atomic mass is 16.6. The molecule has 4 heteroatoms. The van der Waals surface area contributed by atoms with Crippen LogP contribution in [0.25, 0.3) is 6.08 Å². The summed E-state index contributed by atoms with van der Waals surface area (Å²) >= 11 is 0. The van der Waals surface area contributed by atoms with Crippen molar-refractivity contribution in [1.29, 1.82) is 0 Å². The average Bonchev–Trinajstić information content (AvgIpc) is 2.54. The van der Waals surface area contributed by atoms with E-state index in [9.17, 15) is 4.79 Å². The van der Waals surface area contributed by atoms with Gasteiger partial charge in [0.1, 0.15) is 6.61 Å². The van der Waals surface area contributed by atoms with Gasteiger partial charge < -0.3 is 4.74 Å². The van der Waals surface area contributed by atoms with E-state index in [2.05, 4.69) is 0 Å². The van der Waals surface area contributed by atoms with Crippen molar-refractivity contribution in [2.24, 2.45) is 5.84 Å². The van der Waals surface area contributed by atoms with E-state index in [1.807, 2.05) is 72.8 Å². The van der Waals surface area contributed by atoms with Gasteiger partial charge in [-0.05, 0) is 11.1 Å². The summed E-state index contributed by atoms with van der Waals surface area (Å²) in [6.07, 6.45) is 3.18. The fraction of sp³-hybridized carbons (Fsp3) is 0.118. The number of carbonyl (C=O) groups excluding carboxylic acids is 1. The number of hydrogen-bond donors (Lipinski definition) is 1. The Bertz CT molecular complexity index is 582. The monoisotopic (exact) mass is 282 g/mol. The first-order valence-electron chi connectivity index (χ1n) is 6.70. The molecule has 0 aliphatic carbocycles. The first kappa shape index (κ1) is 14.8. The molecule has 0 fully saturated rings. The van der Waals surface area contributed by atoms with Crippen LogP contribution in [0.15, 0.2) is 66.7 Å². The molecule has 0 aromatic heterocycles. The van der Waals surface area contributed by atoms with Gasteiger partial charge in [-0.25, -0.2) is 15.6 Å². The van der Waals surface area contributed by atoms with Gasteiger partial charge in [-0.1, -0.05) is 72.8 Å². The zero-order chi connectivity index (χ0) is 14.9. The average molecular weight is 282 g/mol. The molecular weight excluding hydrogens is 264 g/mol. The lowest BCUT2D eigenvalue weighted by Crippen LogP contribution is -2.37. The van der Waals surface area contributed by atoms with Crippen LogP contribution in [0.5, 0.6) is 0 Å². The van der Waals surface area contributed by atoms with Gasteiger partial charge in [0.25, 0.3) is 0 Å². The Kier molecular flexibility index (Phi) is 5.55. The summed E-state index contributed by atoms with van der Waals surface area (Å²) in [4.78, 5) is 11.7. The lowest BCUT2D eigenvalue weighted by molar-refractivity contribution is 0.100. The topological polar surface area (TPSA) is 55.6 Å². The minimum absolute atomic E-state index is 0.218. The van der Waals surface area contributed by atoms with E-state index in [-0.39, 0.29) is 6.61 Å². The lowest BCUT2D eigenvalue weighted by atomic mass is 10.2. The Hall–Kier alpha value is -2.59. The van der Waals surface area contributed by atoms with Crippen molar-refractivity contribution >= 4 is 12.2 Å². The van der Waals surface area contributed by atoms with Crippen molar-refractivity contribution in [3.63, 3.8) is 0 Å². The Labute approximate surface area is 124 Å². The highest BCUT2D eigenvalue weighted by Gasteiger charge is 2.08. The minimum atomic E-state index is -0.545. The van der Waals surface area contributed by atoms with Crippen molar-refractivity contribution in [3.8, 4) is 0 Å². The number of hydrazine groups is 1. The fourth-order valence-corrected chi connectivity index (χ4v) is 1.74. The van der Waals surface area contributed by atoms with Crippen LogP contribution in [0.4, 0.5) is 4.79 Å². The van der Waals surface area contributed by atoms with Crippen LogP contribution in [0.3, 0.4) is 0 Å². The van der Waals surface area contributed by atoms with Gasteiger partial charge in [0.2, 0.25) is 0 Å². The summed E-state index contributed by atoms with van der Waals surface area (Å²) in [6, 6.07) is 19.3. The maximum atomic E-state index is 11.7. The molecule has 0 aliphatic rings. The SMILES string of the molecule is NN(C/C=C/c1ccccc1)C(=O)OCc1ccccc1. The second-order valence-corrected chi connectivity index (χ2v) is 4.51. The van der Waals surface area contributed by atoms with Crippen LogP contribution >= 0.6 is 0 Å². The molecule has 0 spiro atoms. The predicted octanol–water partition coefficient (Wildman–Crippen LogP) is 3.21. The minimum Gasteiger partial charge on any atom is -0.444 e. The van der Waals surface area contributed by atoms with Crippen molar-refractivity contribution in [2.75, 3.05) is 6.54 Å². The third-order valence-electron chi connectivity index (χ3n) is 2.85. The highest BCUT2D eigenvalue weighted by Crippen LogP contribution is 2.03. The first-order chi connectivity index (χ1) is 10.3. The number of hydrogen-bond acceptors (Lipinski definition) is 3. The van der Waals surface area contributed by atoms with Crippen molar-refractivity contribution in [3.05, 3.63) is 77.9 Å². The van der Waals surface area contributed by atoms with E-state index in [1.54, 1.807) is 0 Å². The van der Waals surface area contributed by atoms with Crippen LogP contribution in [0.1, 0.15) is 11.1 Å². The molecule has 0 saturated heterocycles. The van der Waals surface area contributed by atoms with Gasteiger partial charge in [-0.15, -0.1) is 0 Å². The Balaban J connectivity index is 1.76. The summed E-state index contributed by atoms with van der Waals surface area (Å²) in [5.41, 5.74) is 1.99. The summed E-state index contributed by atoms with van der Waals surface area (Å²) in [7, 11) is 0. The molecule has 1 amide bonds. The summed E-state index contributed by atoms with van der Waals surface area (Å²) in [6.45, 7) is 0.512. The largest absolute Gasteiger partial charge is 0.444 e. The first-order valence-corrected chi connectivity index (χ1v) is 6.70. The number of nitrogens with zero attached hydrogens (tertiary/aromatic N) is 1. The third-order valence-corrected chi connectivity index (χ3v) is 2.85. The summed E-state index contributed by atoms with van der Waals surface area (Å²) < 4.78 is 5.12. The second kappa shape index (κ2) is 7.87. The number of ether oxygens (including phenoxy) is 1. The van der Waals surface area contributed by atoms with Gasteiger partial charge >= 0.3 is 6.09 Å². The number of amides is 1. The van der Waals surface area contributed by atoms with Crippen molar-refractivity contribution in [1.82, 2.24) is 5.01 Å². The molecule has 0 atom stereocenters. The number of benzene rings is 2. The van der Waals surface area contributed by atoms with E-state index < -0.39 is 6.09 Å². The van der Waals surface area contributed by atoms with Gasteiger partial charge in [0.15, 0.2) is 0 Å². The van der Waals surface area contributed by atoms with E-state index in [4.69, 9.17) is 10.6 Å². The molecule has 21 heavy (non-hydrogen) atoms. The second-order valence-electron chi connectivity index (χ2n) is 4.51. The van der Waals surface area contributed by atoms with Crippen LogP contribution in [-0.2, 0) is 11.3 Å². The molecule has 2 N–H and O–H groups in total. The number of rotatable bonds is 5. The molecule has 2 aromatic carbocycles. The summed E-state index contributed by atoms with van der Waals surface area (Å²) in [5.74, 6) is 5.65. The molecule has 2 aromatic rings. The molecule has 108 valence electrons. The molecule has 0 heterocycles. The molecule has 0 unspecified atom stereocenters. The number of nitrogens with two attached hydrogens (primary N) is 1. The van der Waals surface area contributed by atoms with Crippen LogP contribution in [0.2, 0.25) is 0 Å². The van der Waals surface area contributed by atoms with Crippen LogP contribution in [-0.4, -0.2) is 17.6 Å². The summed E-state index contributed by atoms with van der Waals surface area (Å²) in [5, 5.41) is 1.04. The fourth-order valence-electron chi connectivity index (χ4n) is 1.74. The molecule has 2 rings (SSSR count). The Morgan fingerprint density at radius 2 is 1.67 bits per heavy atom. The zero-order valence-corrected chi connectivity index (χ0v) is 11.7. The molecule has 0 aliphatic heterocycles. The lowest BCUT2D eigenvalue weighted by Gasteiger charge is -2.14. The van der Waals surface area contributed by atoms with E-state index in [0.29, 0.717) is 6.54 Å². The molecule has 4 nitrogen and oxygen atoms in total. The van der Waals surface area contributed by atoms with Gasteiger partial charge in [-0.3, -0.25) is 0 Å². The highest BCUT2D eigenvalue weighted by molar-refractivity contribution is 5.67. The van der Waals surface area contributed by atoms with Crippen molar-refractivity contribution in [2.45, 2.75) is 6.61 Å².